The van der Waals surface area contributed by atoms with Crippen LogP contribution in [0.15, 0.2) is 34.4 Å². The van der Waals surface area contributed by atoms with Gasteiger partial charge in [0, 0.05) is 31.5 Å². The van der Waals surface area contributed by atoms with Crippen molar-refractivity contribution in [3.05, 3.63) is 35.7 Å². The van der Waals surface area contributed by atoms with Crippen LogP contribution in [-0.2, 0) is 23.1 Å². The molecular formula is C11H16N4O2S2. The van der Waals surface area contributed by atoms with Gasteiger partial charge in [0.1, 0.15) is 4.21 Å². The smallest absolute Gasteiger partial charge is 0.250 e. The van der Waals surface area contributed by atoms with E-state index in [0.717, 1.165) is 5.56 Å². The van der Waals surface area contributed by atoms with Crippen LogP contribution in [0.3, 0.4) is 0 Å². The van der Waals surface area contributed by atoms with E-state index in [2.05, 4.69) is 9.71 Å². The molecule has 0 fully saturated rings. The topological polar surface area (TPSA) is 90.0 Å². The molecule has 0 amide bonds. The molecule has 0 aromatic carbocycles. The summed E-state index contributed by atoms with van der Waals surface area (Å²) in [6.45, 7) is 2.69. The van der Waals surface area contributed by atoms with E-state index >= 15 is 0 Å². The van der Waals surface area contributed by atoms with E-state index in [-0.39, 0.29) is 6.04 Å². The lowest BCUT2D eigenvalue weighted by Crippen LogP contribution is -2.35. The summed E-state index contributed by atoms with van der Waals surface area (Å²) >= 11 is 1.18. The molecule has 0 aliphatic carbocycles. The Labute approximate surface area is 116 Å². The summed E-state index contributed by atoms with van der Waals surface area (Å²) < 4.78 is 29.0. The summed E-state index contributed by atoms with van der Waals surface area (Å²) in [4.78, 5) is 3.92. The quantitative estimate of drug-likeness (QED) is 0.824. The monoisotopic (exact) mass is 300 g/mol. The fourth-order valence-corrected chi connectivity index (χ4v) is 4.15. The third-order valence-corrected chi connectivity index (χ3v) is 5.61. The summed E-state index contributed by atoms with van der Waals surface area (Å²) in [6, 6.07) is 1.39. The van der Waals surface area contributed by atoms with Gasteiger partial charge < -0.3 is 10.3 Å². The van der Waals surface area contributed by atoms with Crippen LogP contribution in [0.5, 0.6) is 0 Å². The van der Waals surface area contributed by atoms with E-state index in [1.807, 2.05) is 11.5 Å². The largest absolute Gasteiger partial charge is 0.336 e. The van der Waals surface area contributed by atoms with Crippen LogP contribution in [0.25, 0.3) is 0 Å². The van der Waals surface area contributed by atoms with E-state index in [1.54, 1.807) is 30.2 Å². The van der Waals surface area contributed by atoms with Crippen molar-refractivity contribution in [1.82, 2.24) is 14.3 Å². The number of hydrogen-bond donors (Lipinski definition) is 2. The zero-order valence-electron chi connectivity index (χ0n) is 10.5. The van der Waals surface area contributed by atoms with Crippen molar-refractivity contribution in [3.63, 3.8) is 0 Å². The molecule has 19 heavy (non-hydrogen) atoms. The van der Waals surface area contributed by atoms with Crippen LogP contribution in [0.1, 0.15) is 12.5 Å². The van der Waals surface area contributed by atoms with Crippen molar-refractivity contribution >= 4 is 21.4 Å². The van der Waals surface area contributed by atoms with E-state index < -0.39 is 10.0 Å². The van der Waals surface area contributed by atoms with Gasteiger partial charge in [0.05, 0.1) is 6.33 Å². The fourth-order valence-electron chi connectivity index (χ4n) is 1.67. The lowest BCUT2D eigenvalue weighted by atomic mass is 10.4. The van der Waals surface area contributed by atoms with Gasteiger partial charge in [-0.05, 0) is 23.9 Å². The molecule has 2 aromatic rings. The molecule has 104 valence electrons. The molecule has 6 nitrogen and oxygen atoms in total. The molecule has 0 aliphatic heterocycles. The van der Waals surface area contributed by atoms with E-state index in [0.29, 0.717) is 17.3 Å². The first-order valence-corrected chi connectivity index (χ1v) is 8.13. The van der Waals surface area contributed by atoms with Crippen LogP contribution in [0, 0.1) is 0 Å². The lowest BCUT2D eigenvalue weighted by molar-refractivity contribution is 0.521. The number of thiophene rings is 1. The molecule has 0 bridgehead atoms. The minimum atomic E-state index is -3.47. The van der Waals surface area contributed by atoms with Crippen molar-refractivity contribution in [2.75, 3.05) is 0 Å². The number of nitrogens with one attached hydrogen (secondary N) is 1. The van der Waals surface area contributed by atoms with Gasteiger partial charge in [-0.15, -0.1) is 11.3 Å². The molecule has 0 radical (unpaired) electrons. The molecule has 0 aliphatic rings. The van der Waals surface area contributed by atoms with Gasteiger partial charge in [0.15, 0.2) is 0 Å². The van der Waals surface area contributed by atoms with E-state index in [4.69, 9.17) is 5.73 Å². The predicted octanol–water partition coefficient (Wildman–Crippen LogP) is 0.770. The highest BCUT2D eigenvalue weighted by Crippen LogP contribution is 2.20. The molecule has 2 heterocycles. The van der Waals surface area contributed by atoms with E-state index in [9.17, 15) is 8.42 Å². The maximum atomic E-state index is 12.1. The Hall–Kier alpha value is -1.22. The average Bonchev–Trinajstić information content (AvgIpc) is 2.97. The first-order chi connectivity index (χ1) is 9.01. The SMILES string of the molecule is CC(Cn1ccnc1)NS(=O)(=O)c1cc(CN)cs1. The van der Waals surface area contributed by atoms with Gasteiger partial charge in [-0.25, -0.2) is 18.1 Å². The zero-order chi connectivity index (χ0) is 13.9. The Bertz CT molecular complexity index is 619. The molecule has 8 heteroatoms. The molecule has 0 saturated heterocycles. The minimum absolute atomic E-state index is 0.220. The highest BCUT2D eigenvalue weighted by molar-refractivity contribution is 7.91. The van der Waals surface area contributed by atoms with Gasteiger partial charge in [-0.3, -0.25) is 0 Å². The number of aromatic nitrogens is 2. The maximum absolute atomic E-state index is 12.1. The molecule has 2 aromatic heterocycles. The van der Waals surface area contributed by atoms with Crippen molar-refractivity contribution < 1.29 is 8.42 Å². The summed E-state index contributed by atoms with van der Waals surface area (Å²) in [5.41, 5.74) is 6.31. The average molecular weight is 300 g/mol. The lowest BCUT2D eigenvalue weighted by Gasteiger charge is -2.13. The second-order valence-electron chi connectivity index (χ2n) is 4.26. The zero-order valence-corrected chi connectivity index (χ0v) is 12.1. The van der Waals surface area contributed by atoms with E-state index in [1.165, 1.54) is 11.3 Å². The Morgan fingerprint density at radius 2 is 2.37 bits per heavy atom. The van der Waals surface area contributed by atoms with Gasteiger partial charge >= 0.3 is 0 Å². The van der Waals surface area contributed by atoms with Crippen molar-refractivity contribution in [1.29, 1.82) is 0 Å². The molecule has 2 rings (SSSR count). The van der Waals surface area contributed by atoms with Crippen LogP contribution in [0.4, 0.5) is 0 Å². The third kappa shape index (κ3) is 3.63. The molecule has 1 unspecified atom stereocenters. The van der Waals surface area contributed by atoms with Crippen LogP contribution in [-0.4, -0.2) is 24.0 Å². The number of nitrogens with two attached hydrogens (primary N) is 1. The maximum Gasteiger partial charge on any atom is 0.250 e. The first-order valence-electron chi connectivity index (χ1n) is 5.77. The first kappa shape index (κ1) is 14.2. The highest BCUT2D eigenvalue weighted by Gasteiger charge is 2.19. The molecule has 1 atom stereocenters. The van der Waals surface area contributed by atoms with Crippen molar-refractivity contribution in [2.45, 2.75) is 30.3 Å². The minimum Gasteiger partial charge on any atom is -0.336 e. The molecule has 0 saturated carbocycles. The third-order valence-electron chi connectivity index (χ3n) is 2.53. The van der Waals surface area contributed by atoms with Gasteiger partial charge in [-0.1, -0.05) is 0 Å². The Morgan fingerprint density at radius 3 is 2.95 bits per heavy atom. The second-order valence-corrected chi connectivity index (χ2v) is 7.11. The number of hydrogen-bond acceptors (Lipinski definition) is 5. The van der Waals surface area contributed by atoms with Crippen LogP contribution < -0.4 is 10.5 Å². The second kappa shape index (κ2) is 5.83. The van der Waals surface area contributed by atoms with Crippen molar-refractivity contribution in [3.8, 4) is 0 Å². The van der Waals surface area contributed by atoms with Crippen LogP contribution >= 0.6 is 11.3 Å². The number of rotatable bonds is 6. The highest BCUT2D eigenvalue weighted by atomic mass is 32.2. The number of nitrogens with zero attached hydrogens (tertiary/aromatic N) is 2. The van der Waals surface area contributed by atoms with Crippen molar-refractivity contribution in [2.24, 2.45) is 5.73 Å². The Balaban J connectivity index is 2.04. The van der Waals surface area contributed by atoms with Gasteiger partial charge in [-0.2, -0.15) is 0 Å². The number of imidazole rings is 1. The van der Waals surface area contributed by atoms with Gasteiger partial charge in [0.2, 0.25) is 10.0 Å². The standard InChI is InChI=1S/C11H16N4O2S2/c1-9(6-15-3-2-13-8-15)14-19(16,17)11-4-10(5-12)7-18-11/h2-4,7-9,14H,5-6,12H2,1H3. The Kier molecular flexibility index (Phi) is 4.35. The Morgan fingerprint density at radius 1 is 1.58 bits per heavy atom. The molecular weight excluding hydrogens is 284 g/mol. The normalized spacial score (nSPS) is 13.6. The number of sulfonamides is 1. The molecule has 3 N–H and O–H groups in total. The van der Waals surface area contributed by atoms with Crippen LogP contribution in [0.2, 0.25) is 0 Å². The summed E-state index contributed by atoms with van der Waals surface area (Å²) in [7, 11) is -3.47. The predicted molar refractivity (Wildman–Crippen MR) is 74.2 cm³/mol. The summed E-state index contributed by atoms with van der Waals surface area (Å²) in [5, 5.41) is 1.76. The van der Waals surface area contributed by atoms with Gasteiger partial charge in [0.25, 0.3) is 0 Å². The molecule has 0 spiro atoms. The fraction of sp³-hybridized carbons (Fsp3) is 0.364. The summed E-state index contributed by atoms with van der Waals surface area (Å²) in [6.07, 6.45) is 5.11. The summed E-state index contributed by atoms with van der Waals surface area (Å²) in [5.74, 6) is 0.